The first-order valence-corrected chi connectivity index (χ1v) is 7.98. The summed E-state index contributed by atoms with van der Waals surface area (Å²) >= 11 is 5.88. The maximum absolute atomic E-state index is 5.88. The molecule has 0 saturated carbocycles. The largest absolute Gasteiger partial charge is 0.261 e. The third-order valence-electron chi connectivity index (χ3n) is 3.58. The van der Waals surface area contributed by atoms with Gasteiger partial charge < -0.3 is 0 Å². The van der Waals surface area contributed by atoms with Crippen molar-refractivity contribution in [2.75, 3.05) is 5.43 Å². The van der Waals surface area contributed by atoms with Crippen LogP contribution in [0.2, 0.25) is 5.02 Å². The highest BCUT2D eigenvalue weighted by Crippen LogP contribution is 2.21. The van der Waals surface area contributed by atoms with Crippen molar-refractivity contribution in [3.63, 3.8) is 0 Å². The number of fused-ring (bicyclic) bond motifs is 1. The van der Waals surface area contributed by atoms with Crippen molar-refractivity contribution in [3.05, 3.63) is 77.6 Å². The molecule has 0 unspecified atom stereocenters. The van der Waals surface area contributed by atoms with E-state index in [1.54, 1.807) is 10.7 Å². The van der Waals surface area contributed by atoms with Crippen molar-refractivity contribution in [1.82, 2.24) is 19.6 Å². The quantitative estimate of drug-likeness (QED) is 0.449. The Balaban J connectivity index is 1.66. The SMILES string of the molecule is Clc1ccc(/C=N/Nc2cc(-c3ccccc3)nc3ncnn23)cc1. The zero-order chi connectivity index (χ0) is 17.1. The Morgan fingerprint density at radius 2 is 1.84 bits per heavy atom. The van der Waals surface area contributed by atoms with Crippen molar-refractivity contribution >= 4 is 29.4 Å². The Kier molecular flexibility index (Phi) is 4.10. The summed E-state index contributed by atoms with van der Waals surface area (Å²) < 4.78 is 1.60. The van der Waals surface area contributed by atoms with Crippen LogP contribution in [0.5, 0.6) is 0 Å². The molecule has 0 amide bonds. The van der Waals surface area contributed by atoms with Crippen LogP contribution in [-0.4, -0.2) is 25.8 Å². The van der Waals surface area contributed by atoms with Gasteiger partial charge in [-0.1, -0.05) is 54.1 Å². The highest BCUT2D eigenvalue weighted by atomic mass is 35.5. The Labute approximate surface area is 148 Å². The summed E-state index contributed by atoms with van der Waals surface area (Å²) in [5.74, 6) is 1.18. The summed E-state index contributed by atoms with van der Waals surface area (Å²) in [5.41, 5.74) is 5.73. The van der Waals surface area contributed by atoms with Crippen LogP contribution in [0.15, 0.2) is 72.1 Å². The van der Waals surface area contributed by atoms with E-state index in [0.29, 0.717) is 16.6 Å². The Bertz CT molecular complexity index is 1020. The molecule has 0 radical (unpaired) electrons. The van der Waals surface area contributed by atoms with Gasteiger partial charge in [-0.3, -0.25) is 5.43 Å². The number of nitrogens with one attached hydrogen (secondary N) is 1. The molecule has 7 heteroatoms. The van der Waals surface area contributed by atoms with Gasteiger partial charge in [0.1, 0.15) is 6.33 Å². The van der Waals surface area contributed by atoms with E-state index in [1.165, 1.54) is 6.33 Å². The van der Waals surface area contributed by atoms with Gasteiger partial charge in [0.15, 0.2) is 5.82 Å². The fourth-order valence-corrected chi connectivity index (χ4v) is 2.50. The summed E-state index contributed by atoms with van der Waals surface area (Å²) in [6, 6.07) is 19.2. The Hall–Kier alpha value is -3.25. The molecule has 2 aromatic carbocycles. The van der Waals surface area contributed by atoms with E-state index in [-0.39, 0.29) is 0 Å². The lowest BCUT2D eigenvalue weighted by Gasteiger charge is -2.06. The molecule has 2 heterocycles. The second-order valence-electron chi connectivity index (χ2n) is 5.29. The Morgan fingerprint density at radius 3 is 2.64 bits per heavy atom. The maximum atomic E-state index is 5.88. The normalized spacial score (nSPS) is 11.2. The van der Waals surface area contributed by atoms with Crippen LogP contribution in [-0.2, 0) is 0 Å². The number of aromatic nitrogens is 4. The van der Waals surface area contributed by atoms with E-state index in [0.717, 1.165) is 16.8 Å². The molecular formula is C18H13ClN6. The van der Waals surface area contributed by atoms with Gasteiger partial charge in [0.05, 0.1) is 11.9 Å². The third kappa shape index (κ3) is 3.34. The molecule has 1 N–H and O–H groups in total. The molecule has 0 aliphatic carbocycles. The second kappa shape index (κ2) is 6.70. The molecule has 0 aliphatic heterocycles. The van der Waals surface area contributed by atoms with Gasteiger partial charge in [-0.15, -0.1) is 0 Å². The van der Waals surface area contributed by atoms with Crippen molar-refractivity contribution in [3.8, 4) is 11.3 Å². The van der Waals surface area contributed by atoms with Gasteiger partial charge in [-0.25, -0.2) is 4.98 Å². The van der Waals surface area contributed by atoms with E-state index in [4.69, 9.17) is 11.6 Å². The van der Waals surface area contributed by atoms with Crippen LogP contribution in [0, 0.1) is 0 Å². The second-order valence-corrected chi connectivity index (χ2v) is 5.72. The molecule has 0 atom stereocenters. The minimum atomic E-state index is 0.505. The maximum Gasteiger partial charge on any atom is 0.254 e. The minimum absolute atomic E-state index is 0.505. The number of benzene rings is 2. The first kappa shape index (κ1) is 15.3. The number of halogens is 1. The fourth-order valence-electron chi connectivity index (χ4n) is 2.37. The molecule has 0 aliphatic rings. The highest BCUT2D eigenvalue weighted by Gasteiger charge is 2.08. The van der Waals surface area contributed by atoms with Crippen LogP contribution < -0.4 is 5.43 Å². The van der Waals surface area contributed by atoms with E-state index in [2.05, 4.69) is 25.6 Å². The lowest BCUT2D eigenvalue weighted by molar-refractivity contribution is 0.938. The molecule has 0 saturated heterocycles. The number of hydrogen-bond donors (Lipinski definition) is 1. The average molecular weight is 349 g/mol. The highest BCUT2D eigenvalue weighted by molar-refractivity contribution is 6.30. The van der Waals surface area contributed by atoms with Crippen LogP contribution in [0.25, 0.3) is 17.0 Å². The lowest BCUT2D eigenvalue weighted by atomic mass is 10.1. The molecular weight excluding hydrogens is 336 g/mol. The van der Waals surface area contributed by atoms with Crippen LogP contribution in [0.4, 0.5) is 5.82 Å². The van der Waals surface area contributed by atoms with Gasteiger partial charge in [0, 0.05) is 16.7 Å². The topological polar surface area (TPSA) is 67.5 Å². The number of anilines is 1. The minimum Gasteiger partial charge on any atom is -0.261 e. The summed E-state index contributed by atoms with van der Waals surface area (Å²) in [5, 5.41) is 9.14. The van der Waals surface area contributed by atoms with Gasteiger partial charge in [0.2, 0.25) is 0 Å². The summed E-state index contributed by atoms with van der Waals surface area (Å²) in [7, 11) is 0. The predicted molar refractivity (Wildman–Crippen MR) is 98.9 cm³/mol. The molecule has 4 rings (SSSR count). The molecule has 2 aromatic heterocycles. The number of hydrogen-bond acceptors (Lipinski definition) is 5. The van der Waals surface area contributed by atoms with E-state index in [9.17, 15) is 0 Å². The Morgan fingerprint density at radius 1 is 1.04 bits per heavy atom. The van der Waals surface area contributed by atoms with Crippen LogP contribution in [0.3, 0.4) is 0 Å². The molecule has 0 bridgehead atoms. The van der Waals surface area contributed by atoms with Crippen molar-refractivity contribution in [2.45, 2.75) is 0 Å². The standard InChI is InChI=1S/C18H13ClN6/c19-15-8-6-13(7-9-15)11-21-24-17-10-16(14-4-2-1-3-5-14)23-18-20-12-22-25(17)18/h1-12,24H/b21-11+. The van der Waals surface area contributed by atoms with Crippen molar-refractivity contribution in [2.24, 2.45) is 5.10 Å². The average Bonchev–Trinajstić information content (AvgIpc) is 3.13. The first-order valence-electron chi connectivity index (χ1n) is 7.60. The van der Waals surface area contributed by atoms with Crippen molar-refractivity contribution < 1.29 is 0 Å². The lowest BCUT2D eigenvalue weighted by Crippen LogP contribution is -2.02. The predicted octanol–water partition coefficient (Wildman–Crippen LogP) is 3.89. The number of rotatable bonds is 4. The van der Waals surface area contributed by atoms with Gasteiger partial charge in [-0.2, -0.15) is 19.7 Å². The fraction of sp³-hybridized carbons (Fsp3) is 0. The monoisotopic (exact) mass is 348 g/mol. The smallest absolute Gasteiger partial charge is 0.254 e. The van der Waals surface area contributed by atoms with Gasteiger partial charge in [-0.05, 0) is 17.7 Å². The molecule has 0 spiro atoms. The summed E-state index contributed by atoms with van der Waals surface area (Å²) in [6.45, 7) is 0. The summed E-state index contributed by atoms with van der Waals surface area (Å²) in [4.78, 5) is 8.70. The number of nitrogens with zero attached hydrogens (tertiary/aromatic N) is 5. The molecule has 122 valence electrons. The van der Waals surface area contributed by atoms with Gasteiger partial charge >= 0.3 is 0 Å². The van der Waals surface area contributed by atoms with E-state index < -0.39 is 0 Å². The molecule has 4 aromatic rings. The third-order valence-corrected chi connectivity index (χ3v) is 3.84. The first-order chi connectivity index (χ1) is 12.3. The van der Waals surface area contributed by atoms with Crippen molar-refractivity contribution in [1.29, 1.82) is 0 Å². The molecule has 6 nitrogen and oxygen atoms in total. The zero-order valence-corrected chi connectivity index (χ0v) is 13.8. The number of hydrazone groups is 1. The van der Waals surface area contributed by atoms with Gasteiger partial charge in [0.25, 0.3) is 5.78 Å². The van der Waals surface area contributed by atoms with E-state index in [1.807, 2.05) is 60.7 Å². The summed E-state index contributed by atoms with van der Waals surface area (Å²) in [6.07, 6.45) is 3.17. The molecule has 0 fully saturated rings. The van der Waals surface area contributed by atoms with Crippen LogP contribution >= 0.6 is 11.6 Å². The zero-order valence-electron chi connectivity index (χ0n) is 13.0. The molecule has 25 heavy (non-hydrogen) atoms. The van der Waals surface area contributed by atoms with Crippen LogP contribution in [0.1, 0.15) is 5.56 Å². The van der Waals surface area contributed by atoms with E-state index >= 15 is 0 Å².